The first-order chi connectivity index (χ1) is 10.1. The maximum Gasteiger partial charge on any atom is 0.0727 e. The van der Waals surface area contributed by atoms with Gasteiger partial charge in [-0.2, -0.15) is 0 Å². The lowest BCUT2D eigenvalue weighted by molar-refractivity contribution is 1.12. The number of nitrogens with two attached hydrogens (primary N) is 1. The molecule has 106 valence electrons. The quantitative estimate of drug-likeness (QED) is 0.710. The predicted octanol–water partition coefficient (Wildman–Crippen LogP) is 4.05. The molecule has 1 aromatic heterocycles. The van der Waals surface area contributed by atoms with E-state index in [1.54, 1.807) is 0 Å². The largest absolute Gasteiger partial charge is 0.399 e. The third-order valence-electron chi connectivity index (χ3n) is 3.69. The van der Waals surface area contributed by atoms with Crippen LogP contribution in [0.2, 0.25) is 0 Å². The Morgan fingerprint density at radius 1 is 1.05 bits per heavy atom. The van der Waals surface area contributed by atoms with Gasteiger partial charge in [0.2, 0.25) is 0 Å². The molecule has 0 amide bonds. The molecule has 0 radical (unpaired) electrons. The summed E-state index contributed by atoms with van der Waals surface area (Å²) in [5.41, 5.74) is 12.3. The molecule has 2 aromatic carbocycles. The predicted molar refractivity (Wildman–Crippen MR) is 89.4 cm³/mol. The maximum absolute atomic E-state index is 5.91. The van der Waals surface area contributed by atoms with Crippen LogP contribution in [0.1, 0.15) is 16.8 Å². The fourth-order valence-corrected chi connectivity index (χ4v) is 2.52. The van der Waals surface area contributed by atoms with E-state index < -0.39 is 0 Å². The molecule has 3 heteroatoms. The lowest BCUT2D eigenvalue weighted by atomic mass is 10.1. The number of nitrogens with zero attached hydrogens (tertiary/aromatic N) is 1. The van der Waals surface area contributed by atoms with Crippen molar-refractivity contribution in [1.82, 2.24) is 4.98 Å². The van der Waals surface area contributed by atoms with Crippen LogP contribution < -0.4 is 11.1 Å². The zero-order valence-corrected chi connectivity index (χ0v) is 12.4. The lowest BCUT2D eigenvalue weighted by Crippen LogP contribution is -2.03. The molecular weight excluding hydrogens is 258 g/mol. The highest BCUT2D eigenvalue weighted by molar-refractivity contribution is 5.93. The van der Waals surface area contributed by atoms with Gasteiger partial charge in [0.15, 0.2) is 0 Å². The number of aromatic nitrogens is 1. The van der Waals surface area contributed by atoms with Crippen LogP contribution in [0.4, 0.5) is 11.4 Å². The van der Waals surface area contributed by atoms with E-state index in [9.17, 15) is 0 Å². The van der Waals surface area contributed by atoms with Crippen LogP contribution in [0, 0.1) is 13.8 Å². The van der Waals surface area contributed by atoms with E-state index in [1.165, 1.54) is 11.1 Å². The Morgan fingerprint density at radius 2 is 1.86 bits per heavy atom. The van der Waals surface area contributed by atoms with E-state index in [0.29, 0.717) is 0 Å². The van der Waals surface area contributed by atoms with Crippen LogP contribution >= 0.6 is 0 Å². The average Bonchev–Trinajstić information content (AvgIpc) is 2.47. The van der Waals surface area contributed by atoms with Crippen LogP contribution in [0.5, 0.6) is 0 Å². The van der Waals surface area contributed by atoms with Crippen molar-refractivity contribution in [3.05, 3.63) is 65.4 Å². The molecule has 0 aliphatic rings. The van der Waals surface area contributed by atoms with Crippen molar-refractivity contribution in [3.8, 4) is 0 Å². The summed E-state index contributed by atoms with van der Waals surface area (Å²) >= 11 is 0. The fraction of sp³-hybridized carbons (Fsp3) is 0.167. The summed E-state index contributed by atoms with van der Waals surface area (Å²) < 4.78 is 0. The van der Waals surface area contributed by atoms with Crippen molar-refractivity contribution in [3.63, 3.8) is 0 Å². The Bertz CT molecular complexity index is 794. The summed E-state index contributed by atoms with van der Waals surface area (Å²) in [4.78, 5) is 4.55. The number of pyridine rings is 1. The van der Waals surface area contributed by atoms with Crippen LogP contribution in [-0.2, 0) is 6.54 Å². The normalized spacial score (nSPS) is 10.8. The number of hydrogen-bond acceptors (Lipinski definition) is 3. The Labute approximate surface area is 124 Å². The van der Waals surface area contributed by atoms with Crippen molar-refractivity contribution in [1.29, 1.82) is 0 Å². The molecule has 0 aliphatic heterocycles. The molecule has 0 atom stereocenters. The van der Waals surface area contributed by atoms with Crippen molar-refractivity contribution in [2.75, 3.05) is 11.1 Å². The summed E-state index contributed by atoms with van der Waals surface area (Å²) in [5.74, 6) is 0. The molecule has 0 fully saturated rings. The summed E-state index contributed by atoms with van der Waals surface area (Å²) in [5, 5.41) is 4.58. The number of nitrogen functional groups attached to an aromatic ring is 1. The highest BCUT2D eigenvalue weighted by atomic mass is 14.9. The SMILES string of the molecule is Cc1cc(NCc2ccccc2C)c2cc(N)ccc2n1. The molecule has 21 heavy (non-hydrogen) atoms. The molecule has 0 unspecified atom stereocenters. The molecule has 0 bridgehead atoms. The Kier molecular flexibility index (Phi) is 3.48. The van der Waals surface area contributed by atoms with Crippen LogP contribution in [0.25, 0.3) is 10.9 Å². The van der Waals surface area contributed by atoms with Crippen LogP contribution in [0.3, 0.4) is 0 Å². The summed E-state index contributed by atoms with van der Waals surface area (Å²) in [7, 11) is 0. The highest BCUT2D eigenvalue weighted by Crippen LogP contribution is 2.26. The van der Waals surface area contributed by atoms with E-state index in [1.807, 2.05) is 25.1 Å². The smallest absolute Gasteiger partial charge is 0.0727 e. The molecular formula is C18H19N3. The van der Waals surface area contributed by atoms with E-state index in [0.717, 1.165) is 34.5 Å². The van der Waals surface area contributed by atoms with Crippen LogP contribution in [0.15, 0.2) is 48.5 Å². The number of benzene rings is 2. The fourth-order valence-electron chi connectivity index (χ4n) is 2.52. The maximum atomic E-state index is 5.91. The third-order valence-corrected chi connectivity index (χ3v) is 3.69. The first kappa shape index (κ1) is 13.4. The zero-order valence-electron chi connectivity index (χ0n) is 12.4. The number of aryl methyl sites for hydroxylation is 2. The van der Waals surface area contributed by atoms with E-state index in [4.69, 9.17) is 5.73 Å². The van der Waals surface area contributed by atoms with E-state index >= 15 is 0 Å². The monoisotopic (exact) mass is 277 g/mol. The summed E-state index contributed by atoms with van der Waals surface area (Å²) in [6, 6.07) is 16.3. The minimum absolute atomic E-state index is 0.757. The number of anilines is 2. The third kappa shape index (κ3) is 2.82. The summed E-state index contributed by atoms with van der Waals surface area (Å²) in [6.45, 7) is 4.93. The van der Waals surface area contributed by atoms with Gasteiger partial charge in [0, 0.05) is 29.0 Å². The van der Waals surface area contributed by atoms with E-state index in [2.05, 4.69) is 47.6 Å². The number of nitrogens with one attached hydrogen (secondary N) is 1. The highest BCUT2D eigenvalue weighted by Gasteiger charge is 2.05. The molecule has 3 rings (SSSR count). The second-order valence-corrected chi connectivity index (χ2v) is 5.37. The minimum atomic E-state index is 0.757. The second-order valence-electron chi connectivity index (χ2n) is 5.37. The molecule has 0 spiro atoms. The van der Waals surface area contributed by atoms with Gasteiger partial charge in [-0.05, 0) is 49.2 Å². The lowest BCUT2D eigenvalue weighted by Gasteiger charge is -2.12. The Morgan fingerprint density at radius 3 is 2.67 bits per heavy atom. The molecule has 0 aliphatic carbocycles. The van der Waals surface area contributed by atoms with Crippen molar-refractivity contribution in [2.45, 2.75) is 20.4 Å². The molecule has 1 heterocycles. The van der Waals surface area contributed by atoms with Crippen molar-refractivity contribution < 1.29 is 0 Å². The van der Waals surface area contributed by atoms with Gasteiger partial charge in [-0.3, -0.25) is 4.98 Å². The Balaban J connectivity index is 1.96. The van der Waals surface area contributed by atoms with Crippen LogP contribution in [-0.4, -0.2) is 4.98 Å². The van der Waals surface area contributed by atoms with Gasteiger partial charge in [-0.15, -0.1) is 0 Å². The van der Waals surface area contributed by atoms with Gasteiger partial charge >= 0.3 is 0 Å². The molecule has 0 saturated heterocycles. The Hall–Kier alpha value is -2.55. The van der Waals surface area contributed by atoms with Gasteiger partial charge < -0.3 is 11.1 Å². The van der Waals surface area contributed by atoms with Gasteiger partial charge in [-0.1, -0.05) is 24.3 Å². The molecule has 3 aromatic rings. The topological polar surface area (TPSA) is 50.9 Å². The van der Waals surface area contributed by atoms with Gasteiger partial charge in [0.1, 0.15) is 0 Å². The minimum Gasteiger partial charge on any atom is -0.399 e. The van der Waals surface area contributed by atoms with Crippen molar-refractivity contribution >= 4 is 22.3 Å². The van der Waals surface area contributed by atoms with Gasteiger partial charge in [-0.25, -0.2) is 0 Å². The summed E-state index contributed by atoms with van der Waals surface area (Å²) in [6.07, 6.45) is 0. The first-order valence-corrected chi connectivity index (χ1v) is 7.09. The second kappa shape index (κ2) is 5.44. The molecule has 3 nitrogen and oxygen atoms in total. The average molecular weight is 277 g/mol. The van der Waals surface area contributed by atoms with Gasteiger partial charge in [0.25, 0.3) is 0 Å². The first-order valence-electron chi connectivity index (χ1n) is 7.09. The number of fused-ring (bicyclic) bond motifs is 1. The standard InChI is InChI=1S/C18H19N3/c1-12-5-3-4-6-14(12)11-20-18-9-13(2)21-17-8-7-15(19)10-16(17)18/h3-10H,11,19H2,1-2H3,(H,20,21). The molecule has 0 saturated carbocycles. The van der Waals surface area contributed by atoms with Gasteiger partial charge in [0.05, 0.1) is 5.52 Å². The zero-order chi connectivity index (χ0) is 14.8. The van der Waals surface area contributed by atoms with Crippen molar-refractivity contribution in [2.24, 2.45) is 0 Å². The van der Waals surface area contributed by atoms with E-state index in [-0.39, 0.29) is 0 Å². The molecule has 3 N–H and O–H groups in total. The number of rotatable bonds is 3. The number of hydrogen-bond donors (Lipinski definition) is 2.